The number of anilines is 1. The van der Waals surface area contributed by atoms with Crippen molar-refractivity contribution in [2.75, 3.05) is 19.1 Å². The third kappa shape index (κ3) is 3.95. The number of benzene rings is 3. The molecule has 1 saturated heterocycles. The predicted molar refractivity (Wildman–Crippen MR) is 129 cm³/mol. The van der Waals surface area contributed by atoms with Gasteiger partial charge >= 0.3 is 0 Å². The number of Topliss-reactive ketones (excluding diaryl/α,β-unsaturated/α-hetero) is 1. The molecule has 0 aromatic heterocycles. The lowest BCUT2D eigenvalue weighted by Crippen LogP contribution is -2.29. The summed E-state index contributed by atoms with van der Waals surface area (Å²) in [5.41, 5.74) is 1.72. The van der Waals surface area contributed by atoms with Crippen molar-refractivity contribution in [3.05, 3.63) is 87.9 Å². The number of halogens is 1. The smallest absolute Gasteiger partial charge is 0.300 e. The molecular weight excluding hydrogens is 458 g/mol. The van der Waals surface area contributed by atoms with Crippen LogP contribution in [0.15, 0.2) is 66.2 Å². The van der Waals surface area contributed by atoms with Gasteiger partial charge in [0.1, 0.15) is 23.0 Å². The van der Waals surface area contributed by atoms with Crippen molar-refractivity contribution in [2.45, 2.75) is 13.0 Å². The number of hydrogen-bond acceptors (Lipinski definition) is 6. The predicted octanol–water partition coefficient (Wildman–Crippen LogP) is 5.00. The first-order valence-corrected chi connectivity index (χ1v) is 10.7. The van der Waals surface area contributed by atoms with Crippen LogP contribution in [0, 0.1) is 6.92 Å². The minimum Gasteiger partial charge on any atom is -0.508 e. The Hall–Kier alpha value is -3.97. The summed E-state index contributed by atoms with van der Waals surface area (Å²) < 4.78 is 10.7. The highest BCUT2D eigenvalue weighted by Gasteiger charge is 2.47. The first-order valence-electron chi connectivity index (χ1n) is 10.3. The molecule has 1 atom stereocenters. The zero-order valence-corrected chi connectivity index (χ0v) is 19.5. The maximum absolute atomic E-state index is 13.3. The van der Waals surface area contributed by atoms with Crippen LogP contribution in [0.1, 0.15) is 22.7 Å². The Morgan fingerprint density at radius 1 is 1.00 bits per heavy atom. The van der Waals surface area contributed by atoms with Crippen LogP contribution in [0.25, 0.3) is 5.76 Å². The minimum absolute atomic E-state index is 0.0224. The number of aliphatic hydroxyl groups is 1. The standard InChI is InChI=1S/C26H22ClNO6/c1-14-11-19(25(34-3)20(27)12-14)23(30)21-22(15-7-9-17(29)10-8-15)28(26(32)24(21)31)16-5-4-6-18(13-16)33-2/h4-13,22,29-30H,1-3H3/b23-21+. The number of carbonyl (C=O) groups excluding carboxylic acids is 2. The van der Waals surface area contributed by atoms with E-state index in [1.54, 1.807) is 55.5 Å². The van der Waals surface area contributed by atoms with E-state index in [-0.39, 0.29) is 27.7 Å². The van der Waals surface area contributed by atoms with Crippen LogP contribution in [0.3, 0.4) is 0 Å². The summed E-state index contributed by atoms with van der Waals surface area (Å²) in [6, 6.07) is 15.1. The highest BCUT2D eigenvalue weighted by Crippen LogP contribution is 2.45. The zero-order chi connectivity index (χ0) is 24.6. The summed E-state index contributed by atoms with van der Waals surface area (Å²) in [7, 11) is 2.90. The molecule has 1 aliphatic rings. The summed E-state index contributed by atoms with van der Waals surface area (Å²) in [6.45, 7) is 1.79. The zero-order valence-electron chi connectivity index (χ0n) is 18.7. The van der Waals surface area contributed by atoms with E-state index in [9.17, 15) is 19.8 Å². The average Bonchev–Trinajstić information content (AvgIpc) is 3.09. The van der Waals surface area contributed by atoms with E-state index in [1.165, 1.54) is 31.3 Å². The van der Waals surface area contributed by atoms with E-state index in [2.05, 4.69) is 0 Å². The largest absolute Gasteiger partial charge is 0.508 e. The van der Waals surface area contributed by atoms with Gasteiger partial charge in [0.05, 0.1) is 36.4 Å². The topological polar surface area (TPSA) is 96.3 Å². The Morgan fingerprint density at radius 3 is 2.35 bits per heavy atom. The van der Waals surface area contributed by atoms with E-state index in [0.29, 0.717) is 17.0 Å². The summed E-state index contributed by atoms with van der Waals surface area (Å²) in [6.07, 6.45) is 0. The molecular formula is C26H22ClNO6. The number of phenols is 1. The van der Waals surface area contributed by atoms with Crippen LogP contribution in [-0.4, -0.2) is 36.1 Å². The van der Waals surface area contributed by atoms with Crippen LogP contribution in [-0.2, 0) is 9.59 Å². The van der Waals surface area contributed by atoms with Crippen molar-refractivity contribution in [1.82, 2.24) is 0 Å². The lowest BCUT2D eigenvalue weighted by Gasteiger charge is -2.26. The van der Waals surface area contributed by atoms with Gasteiger partial charge in [0, 0.05) is 11.8 Å². The van der Waals surface area contributed by atoms with Crippen molar-refractivity contribution >= 4 is 34.7 Å². The van der Waals surface area contributed by atoms with Crippen molar-refractivity contribution in [3.8, 4) is 17.2 Å². The molecule has 7 nitrogen and oxygen atoms in total. The monoisotopic (exact) mass is 479 g/mol. The first kappa shape index (κ1) is 23.2. The molecule has 34 heavy (non-hydrogen) atoms. The van der Waals surface area contributed by atoms with E-state index in [0.717, 1.165) is 5.56 Å². The van der Waals surface area contributed by atoms with E-state index < -0.39 is 23.5 Å². The Kier molecular flexibility index (Phi) is 6.22. The Labute approximate surface area is 201 Å². The molecule has 174 valence electrons. The number of amides is 1. The molecule has 0 bridgehead atoms. The summed E-state index contributed by atoms with van der Waals surface area (Å²) >= 11 is 6.32. The lowest BCUT2D eigenvalue weighted by atomic mass is 9.94. The van der Waals surface area contributed by atoms with Gasteiger partial charge < -0.3 is 19.7 Å². The SMILES string of the molecule is COc1cccc(N2C(=O)C(=O)/C(=C(/O)c3cc(C)cc(Cl)c3OC)C2c2ccc(O)cc2)c1. The molecule has 0 saturated carbocycles. The summed E-state index contributed by atoms with van der Waals surface area (Å²) in [5, 5.41) is 21.4. The molecule has 2 N–H and O–H groups in total. The lowest BCUT2D eigenvalue weighted by molar-refractivity contribution is -0.132. The fourth-order valence-corrected chi connectivity index (χ4v) is 4.44. The van der Waals surface area contributed by atoms with Crippen molar-refractivity contribution in [2.24, 2.45) is 0 Å². The number of nitrogens with zero attached hydrogens (tertiary/aromatic N) is 1. The van der Waals surface area contributed by atoms with Gasteiger partial charge in [0.15, 0.2) is 0 Å². The highest BCUT2D eigenvalue weighted by molar-refractivity contribution is 6.51. The quantitative estimate of drug-likeness (QED) is 0.304. The molecule has 0 radical (unpaired) electrons. The second kappa shape index (κ2) is 9.11. The molecule has 0 aliphatic carbocycles. The van der Waals surface area contributed by atoms with Crippen molar-refractivity contribution in [1.29, 1.82) is 0 Å². The van der Waals surface area contributed by atoms with Crippen molar-refractivity contribution < 1.29 is 29.3 Å². The van der Waals surface area contributed by atoms with E-state index in [1.807, 2.05) is 0 Å². The number of ether oxygens (including phenoxy) is 2. The maximum Gasteiger partial charge on any atom is 0.300 e. The molecule has 0 spiro atoms. The number of aliphatic hydroxyl groups excluding tert-OH is 1. The van der Waals surface area contributed by atoms with Gasteiger partial charge in [-0.1, -0.05) is 29.8 Å². The molecule has 1 amide bonds. The number of carbonyl (C=O) groups is 2. The average molecular weight is 480 g/mol. The normalized spacial score (nSPS) is 17.2. The third-order valence-electron chi connectivity index (χ3n) is 5.63. The molecule has 3 aromatic rings. The molecule has 8 heteroatoms. The minimum atomic E-state index is -0.975. The first-order chi connectivity index (χ1) is 16.3. The fraction of sp³-hybridized carbons (Fsp3) is 0.154. The number of phenolic OH excluding ortho intramolecular Hbond substituents is 1. The number of rotatable bonds is 5. The molecule has 3 aromatic carbocycles. The van der Waals surface area contributed by atoms with Crippen LogP contribution < -0.4 is 14.4 Å². The molecule has 4 rings (SSSR count). The third-order valence-corrected chi connectivity index (χ3v) is 5.91. The molecule has 1 heterocycles. The number of ketones is 1. The van der Waals surface area contributed by atoms with Gasteiger partial charge in [0.25, 0.3) is 11.7 Å². The van der Waals surface area contributed by atoms with Crippen molar-refractivity contribution in [3.63, 3.8) is 0 Å². The summed E-state index contributed by atoms with van der Waals surface area (Å²) in [4.78, 5) is 27.9. The fourth-order valence-electron chi connectivity index (χ4n) is 4.09. The Morgan fingerprint density at radius 2 is 1.71 bits per heavy atom. The van der Waals surface area contributed by atoms with Gasteiger partial charge in [0.2, 0.25) is 0 Å². The van der Waals surface area contributed by atoms with Gasteiger partial charge in [-0.05, 0) is 54.4 Å². The Bertz CT molecular complexity index is 1320. The second-order valence-corrected chi connectivity index (χ2v) is 8.20. The number of hydrogen-bond donors (Lipinski definition) is 2. The van der Waals surface area contributed by atoms with E-state index in [4.69, 9.17) is 21.1 Å². The number of aromatic hydroxyl groups is 1. The van der Waals surface area contributed by atoms with E-state index >= 15 is 0 Å². The number of methoxy groups -OCH3 is 2. The maximum atomic E-state index is 13.3. The highest BCUT2D eigenvalue weighted by atomic mass is 35.5. The van der Waals surface area contributed by atoms with Gasteiger partial charge in [-0.2, -0.15) is 0 Å². The van der Waals surface area contributed by atoms with Crippen LogP contribution in [0.4, 0.5) is 5.69 Å². The Balaban J connectivity index is 2.00. The van der Waals surface area contributed by atoms with Crippen LogP contribution in [0.5, 0.6) is 17.2 Å². The van der Waals surface area contributed by atoms with Gasteiger partial charge in [-0.3, -0.25) is 14.5 Å². The molecule has 1 unspecified atom stereocenters. The van der Waals surface area contributed by atoms with Crippen LogP contribution in [0.2, 0.25) is 5.02 Å². The molecule has 1 aliphatic heterocycles. The van der Waals surface area contributed by atoms with Gasteiger partial charge in [-0.15, -0.1) is 0 Å². The molecule has 1 fully saturated rings. The summed E-state index contributed by atoms with van der Waals surface area (Å²) in [5.74, 6) is -1.39. The second-order valence-electron chi connectivity index (χ2n) is 7.79. The van der Waals surface area contributed by atoms with Gasteiger partial charge in [-0.25, -0.2) is 0 Å². The van der Waals surface area contributed by atoms with Crippen LogP contribution >= 0.6 is 11.6 Å². The number of aryl methyl sites for hydroxylation is 1.